The molecule has 1 N–H and O–H groups in total. The molecule has 76 valence electrons. The van der Waals surface area contributed by atoms with Crippen LogP contribution in [0.15, 0.2) is 30.3 Å². The fourth-order valence-corrected chi connectivity index (χ4v) is 1.86. The van der Waals surface area contributed by atoms with Crippen LogP contribution >= 0.6 is 0 Å². The summed E-state index contributed by atoms with van der Waals surface area (Å²) in [6.07, 6.45) is 3.70. The summed E-state index contributed by atoms with van der Waals surface area (Å²) in [4.78, 5) is 0. The fourth-order valence-electron chi connectivity index (χ4n) is 1.86. The van der Waals surface area contributed by atoms with Crippen molar-refractivity contribution in [2.75, 3.05) is 0 Å². The third-order valence-electron chi connectivity index (χ3n) is 2.74. The Morgan fingerprint density at radius 3 is 2.43 bits per heavy atom. The first-order valence-corrected chi connectivity index (χ1v) is 5.19. The van der Waals surface area contributed by atoms with E-state index in [9.17, 15) is 5.11 Å². The highest BCUT2D eigenvalue weighted by Crippen LogP contribution is 2.31. The van der Waals surface area contributed by atoms with E-state index in [1.54, 1.807) is 0 Å². The molecule has 0 aliphatic heterocycles. The molecule has 0 amide bonds. The smallest absolute Gasteiger partial charge is 0.165 e. The normalized spacial score (nSPS) is 19.8. The van der Waals surface area contributed by atoms with Gasteiger partial charge in [0.1, 0.15) is 0 Å². The molecule has 0 saturated heterocycles. The summed E-state index contributed by atoms with van der Waals surface area (Å²) in [6.45, 7) is 0.511. The minimum Gasteiger partial charge on any atom is -0.365 e. The van der Waals surface area contributed by atoms with Gasteiger partial charge in [0, 0.05) is 12.8 Å². The van der Waals surface area contributed by atoms with Gasteiger partial charge in [-0.3, -0.25) is 0 Å². The largest absolute Gasteiger partial charge is 0.365 e. The Morgan fingerprint density at radius 1 is 1.14 bits per heavy atom. The molecule has 1 aliphatic carbocycles. The summed E-state index contributed by atoms with van der Waals surface area (Å²) in [6, 6.07) is 9.97. The molecule has 2 nitrogen and oxygen atoms in total. The summed E-state index contributed by atoms with van der Waals surface area (Å²) in [5, 5.41) is 9.93. The van der Waals surface area contributed by atoms with Gasteiger partial charge in [-0.25, -0.2) is 0 Å². The zero-order valence-electron chi connectivity index (χ0n) is 8.28. The van der Waals surface area contributed by atoms with Crippen LogP contribution in [0.1, 0.15) is 31.2 Å². The molecular weight excluding hydrogens is 176 g/mol. The zero-order valence-corrected chi connectivity index (χ0v) is 8.28. The van der Waals surface area contributed by atoms with Crippen molar-refractivity contribution in [1.82, 2.24) is 0 Å². The molecular formula is C12H16O2. The lowest BCUT2D eigenvalue weighted by molar-refractivity contribution is -0.205. The van der Waals surface area contributed by atoms with Gasteiger partial charge in [-0.05, 0) is 18.4 Å². The van der Waals surface area contributed by atoms with E-state index in [-0.39, 0.29) is 0 Å². The van der Waals surface area contributed by atoms with Crippen molar-refractivity contribution in [3.8, 4) is 0 Å². The molecule has 2 rings (SSSR count). The van der Waals surface area contributed by atoms with Crippen LogP contribution in [0.25, 0.3) is 0 Å². The predicted molar refractivity (Wildman–Crippen MR) is 54.6 cm³/mol. The van der Waals surface area contributed by atoms with Crippen LogP contribution in [-0.4, -0.2) is 10.9 Å². The summed E-state index contributed by atoms with van der Waals surface area (Å²) in [7, 11) is 0. The Labute approximate surface area is 84.5 Å². The van der Waals surface area contributed by atoms with Gasteiger partial charge >= 0.3 is 0 Å². The van der Waals surface area contributed by atoms with Crippen LogP contribution in [0.5, 0.6) is 0 Å². The molecule has 1 fully saturated rings. The number of ether oxygens (including phenoxy) is 1. The van der Waals surface area contributed by atoms with Gasteiger partial charge in [0.2, 0.25) is 0 Å². The Morgan fingerprint density at radius 2 is 1.79 bits per heavy atom. The van der Waals surface area contributed by atoms with Crippen molar-refractivity contribution >= 4 is 0 Å². The van der Waals surface area contributed by atoms with Crippen molar-refractivity contribution in [1.29, 1.82) is 0 Å². The Bertz CT molecular complexity index is 276. The van der Waals surface area contributed by atoms with E-state index in [0.717, 1.165) is 31.2 Å². The molecule has 0 aromatic heterocycles. The van der Waals surface area contributed by atoms with Gasteiger partial charge < -0.3 is 9.84 Å². The monoisotopic (exact) mass is 192 g/mol. The van der Waals surface area contributed by atoms with Crippen LogP contribution in [0.2, 0.25) is 0 Å². The SMILES string of the molecule is OC1(OCc2ccccc2)CCCC1. The molecule has 0 atom stereocenters. The van der Waals surface area contributed by atoms with Crippen LogP contribution in [0.3, 0.4) is 0 Å². The molecule has 1 aliphatic rings. The molecule has 0 unspecified atom stereocenters. The number of benzene rings is 1. The first kappa shape index (κ1) is 9.69. The second-order valence-electron chi connectivity index (χ2n) is 3.93. The third kappa shape index (κ3) is 2.34. The van der Waals surface area contributed by atoms with Gasteiger partial charge in [-0.2, -0.15) is 0 Å². The van der Waals surface area contributed by atoms with Crippen molar-refractivity contribution in [2.45, 2.75) is 38.1 Å². The minimum atomic E-state index is -0.851. The van der Waals surface area contributed by atoms with Crippen molar-refractivity contribution < 1.29 is 9.84 Å². The zero-order chi connectivity index (χ0) is 9.86. The Hall–Kier alpha value is -0.860. The maximum atomic E-state index is 9.93. The molecule has 0 spiro atoms. The van der Waals surface area contributed by atoms with Crippen LogP contribution in [0.4, 0.5) is 0 Å². The van der Waals surface area contributed by atoms with E-state index in [4.69, 9.17) is 4.74 Å². The van der Waals surface area contributed by atoms with E-state index >= 15 is 0 Å². The van der Waals surface area contributed by atoms with E-state index in [1.165, 1.54) is 0 Å². The average molecular weight is 192 g/mol. The molecule has 0 heterocycles. The standard InChI is InChI=1S/C12H16O2/c13-12(8-4-5-9-12)14-10-11-6-2-1-3-7-11/h1-3,6-7,13H,4-5,8-10H2. The molecule has 1 saturated carbocycles. The van der Waals surface area contributed by atoms with Crippen LogP contribution < -0.4 is 0 Å². The lowest BCUT2D eigenvalue weighted by atomic mass is 10.2. The number of rotatable bonds is 3. The first-order chi connectivity index (χ1) is 6.79. The van der Waals surface area contributed by atoms with E-state index in [0.29, 0.717) is 6.61 Å². The van der Waals surface area contributed by atoms with E-state index < -0.39 is 5.79 Å². The maximum Gasteiger partial charge on any atom is 0.165 e. The predicted octanol–water partition coefficient (Wildman–Crippen LogP) is 2.47. The molecule has 14 heavy (non-hydrogen) atoms. The van der Waals surface area contributed by atoms with Gasteiger partial charge in [-0.1, -0.05) is 30.3 Å². The quantitative estimate of drug-likeness (QED) is 0.745. The van der Waals surface area contributed by atoms with Gasteiger partial charge in [-0.15, -0.1) is 0 Å². The lowest BCUT2D eigenvalue weighted by Crippen LogP contribution is -2.27. The van der Waals surface area contributed by atoms with Gasteiger partial charge in [0.25, 0.3) is 0 Å². The lowest BCUT2D eigenvalue weighted by Gasteiger charge is -2.22. The summed E-state index contributed by atoms with van der Waals surface area (Å²) in [5.41, 5.74) is 1.12. The topological polar surface area (TPSA) is 29.5 Å². The fraction of sp³-hybridized carbons (Fsp3) is 0.500. The van der Waals surface area contributed by atoms with Crippen LogP contribution in [0, 0.1) is 0 Å². The minimum absolute atomic E-state index is 0.511. The Kier molecular flexibility index (Phi) is 2.85. The van der Waals surface area contributed by atoms with Crippen molar-refractivity contribution in [2.24, 2.45) is 0 Å². The average Bonchev–Trinajstić information content (AvgIpc) is 2.65. The summed E-state index contributed by atoms with van der Waals surface area (Å²) in [5.74, 6) is -0.851. The van der Waals surface area contributed by atoms with Gasteiger partial charge in [0.05, 0.1) is 6.61 Å². The highest BCUT2D eigenvalue weighted by atomic mass is 16.6. The van der Waals surface area contributed by atoms with Crippen molar-refractivity contribution in [3.63, 3.8) is 0 Å². The van der Waals surface area contributed by atoms with E-state index in [1.807, 2.05) is 30.3 Å². The molecule has 1 aromatic carbocycles. The van der Waals surface area contributed by atoms with Crippen molar-refractivity contribution in [3.05, 3.63) is 35.9 Å². The Balaban J connectivity index is 1.88. The maximum absolute atomic E-state index is 9.93. The van der Waals surface area contributed by atoms with E-state index in [2.05, 4.69) is 0 Å². The highest BCUT2D eigenvalue weighted by Gasteiger charge is 2.31. The highest BCUT2D eigenvalue weighted by molar-refractivity contribution is 5.13. The number of hydrogen-bond acceptors (Lipinski definition) is 2. The van der Waals surface area contributed by atoms with Crippen LogP contribution in [-0.2, 0) is 11.3 Å². The first-order valence-electron chi connectivity index (χ1n) is 5.19. The molecule has 0 bridgehead atoms. The number of hydrogen-bond donors (Lipinski definition) is 1. The molecule has 1 aromatic rings. The molecule has 0 radical (unpaired) electrons. The number of aliphatic hydroxyl groups is 1. The second-order valence-corrected chi connectivity index (χ2v) is 3.93. The summed E-state index contributed by atoms with van der Waals surface area (Å²) < 4.78 is 5.53. The summed E-state index contributed by atoms with van der Waals surface area (Å²) >= 11 is 0. The van der Waals surface area contributed by atoms with Gasteiger partial charge in [0.15, 0.2) is 5.79 Å². The third-order valence-corrected chi connectivity index (χ3v) is 2.74. The molecule has 2 heteroatoms. The second kappa shape index (κ2) is 4.11.